The molecule has 0 saturated heterocycles. The number of hydrogen-bond donors (Lipinski definition) is 0. The van der Waals surface area contributed by atoms with Gasteiger partial charge in [0.05, 0.1) is 22.6 Å². The monoisotopic (exact) mass is 713 g/mol. The molecule has 262 valence electrons. The van der Waals surface area contributed by atoms with Crippen LogP contribution >= 0.6 is 0 Å². The number of pyridine rings is 1. The summed E-state index contributed by atoms with van der Waals surface area (Å²) in [6, 6.07) is 74.6. The minimum absolute atomic E-state index is 0.696. The fourth-order valence-corrected chi connectivity index (χ4v) is 7.64. The topological polar surface area (TPSA) is 38.7 Å². The Labute approximate surface area is 326 Å². The highest BCUT2D eigenvalue weighted by Crippen LogP contribution is 2.39. The number of aromatic nitrogens is 3. The SMILES string of the molecule is c1ccc(-c2cccc(-c3cc(-c4cccc(-c5ccc6ccc7nc(-c8ccccc8)cc(-c8ccccc8)c7c6c5)c4)nc(-c4ccccc4)n3)c2)cc1. The van der Waals surface area contributed by atoms with Crippen molar-refractivity contribution in [1.82, 2.24) is 15.0 Å². The molecule has 0 aliphatic rings. The van der Waals surface area contributed by atoms with Crippen molar-refractivity contribution in [3.05, 3.63) is 212 Å². The third-order valence-corrected chi connectivity index (χ3v) is 10.5. The van der Waals surface area contributed by atoms with Crippen LogP contribution in [0.1, 0.15) is 0 Å². The van der Waals surface area contributed by atoms with Crippen molar-refractivity contribution in [3.8, 4) is 78.5 Å². The van der Waals surface area contributed by atoms with Crippen LogP contribution in [0.2, 0.25) is 0 Å². The van der Waals surface area contributed by atoms with E-state index in [2.05, 4.69) is 182 Å². The Morgan fingerprint density at radius 1 is 0.268 bits per heavy atom. The van der Waals surface area contributed by atoms with Gasteiger partial charge in [0, 0.05) is 27.6 Å². The lowest BCUT2D eigenvalue weighted by molar-refractivity contribution is 1.18. The van der Waals surface area contributed by atoms with Crippen LogP contribution in [0.3, 0.4) is 0 Å². The number of nitrogens with zero attached hydrogens (tertiary/aromatic N) is 3. The Kier molecular flexibility index (Phi) is 8.51. The summed E-state index contributed by atoms with van der Waals surface area (Å²) < 4.78 is 0. The largest absolute Gasteiger partial charge is 0.248 e. The van der Waals surface area contributed by atoms with Gasteiger partial charge in [0.15, 0.2) is 5.82 Å². The van der Waals surface area contributed by atoms with Crippen molar-refractivity contribution in [1.29, 1.82) is 0 Å². The van der Waals surface area contributed by atoms with Crippen molar-refractivity contribution in [2.75, 3.05) is 0 Å². The Bertz CT molecular complexity index is 3000. The van der Waals surface area contributed by atoms with Crippen LogP contribution in [-0.4, -0.2) is 15.0 Å². The van der Waals surface area contributed by atoms with Crippen LogP contribution in [0, 0.1) is 0 Å². The number of rotatable bonds is 7. The van der Waals surface area contributed by atoms with Crippen LogP contribution < -0.4 is 0 Å². The molecule has 2 heterocycles. The van der Waals surface area contributed by atoms with Crippen LogP contribution in [0.4, 0.5) is 0 Å². The summed E-state index contributed by atoms with van der Waals surface area (Å²) in [6.07, 6.45) is 0. The summed E-state index contributed by atoms with van der Waals surface area (Å²) in [5.74, 6) is 0.696. The molecular weight excluding hydrogens is 679 g/mol. The first-order valence-electron chi connectivity index (χ1n) is 18.9. The van der Waals surface area contributed by atoms with Gasteiger partial charge in [0.25, 0.3) is 0 Å². The van der Waals surface area contributed by atoms with E-state index in [4.69, 9.17) is 15.0 Å². The lowest BCUT2D eigenvalue weighted by Gasteiger charge is -2.14. The maximum absolute atomic E-state index is 5.21. The summed E-state index contributed by atoms with van der Waals surface area (Å²) in [7, 11) is 0. The Morgan fingerprint density at radius 3 is 1.36 bits per heavy atom. The Balaban J connectivity index is 1.11. The zero-order chi connectivity index (χ0) is 37.3. The molecule has 0 N–H and O–H groups in total. The predicted octanol–water partition coefficient (Wildman–Crippen LogP) is 13.8. The van der Waals surface area contributed by atoms with Crippen LogP contribution in [-0.2, 0) is 0 Å². The molecule has 3 heteroatoms. The minimum Gasteiger partial charge on any atom is -0.248 e. The van der Waals surface area contributed by atoms with Crippen molar-refractivity contribution in [2.45, 2.75) is 0 Å². The van der Waals surface area contributed by atoms with Crippen LogP contribution in [0.5, 0.6) is 0 Å². The summed E-state index contributed by atoms with van der Waals surface area (Å²) in [4.78, 5) is 15.5. The molecule has 0 aliphatic heterocycles. The molecule has 0 fully saturated rings. The third-order valence-electron chi connectivity index (χ3n) is 10.5. The van der Waals surface area contributed by atoms with Gasteiger partial charge in [0.2, 0.25) is 0 Å². The first-order chi connectivity index (χ1) is 27.7. The van der Waals surface area contributed by atoms with Gasteiger partial charge in [-0.15, -0.1) is 0 Å². The maximum atomic E-state index is 5.21. The van der Waals surface area contributed by atoms with E-state index in [0.717, 1.165) is 66.9 Å². The average molecular weight is 714 g/mol. The summed E-state index contributed by atoms with van der Waals surface area (Å²) in [5.41, 5.74) is 14.7. The van der Waals surface area contributed by atoms with E-state index in [1.54, 1.807) is 0 Å². The van der Waals surface area contributed by atoms with Crippen molar-refractivity contribution >= 4 is 21.7 Å². The Hall–Kier alpha value is -7.49. The first-order valence-corrected chi connectivity index (χ1v) is 18.9. The second-order valence-electron chi connectivity index (χ2n) is 14.0. The zero-order valence-electron chi connectivity index (χ0n) is 30.5. The van der Waals surface area contributed by atoms with Crippen molar-refractivity contribution < 1.29 is 0 Å². The highest BCUT2D eigenvalue weighted by Gasteiger charge is 2.15. The standard InChI is InChI=1S/C53H35N3/c1-5-15-36(16-6-1)41-23-13-25-44(31-41)50-35-51(56-53(55-50)40-21-11-4-12-22-40)45-26-14-24-42(32-45)43-28-27-38-29-30-48-52(46(38)33-43)47(37-17-7-2-8-18-37)34-49(54-48)39-19-9-3-10-20-39/h1-35H. The van der Waals surface area contributed by atoms with Gasteiger partial charge in [-0.3, -0.25) is 0 Å². The number of hydrogen-bond acceptors (Lipinski definition) is 3. The first kappa shape index (κ1) is 33.1. The summed E-state index contributed by atoms with van der Waals surface area (Å²) in [6.45, 7) is 0. The third kappa shape index (κ3) is 6.42. The van der Waals surface area contributed by atoms with Crippen LogP contribution in [0.25, 0.3) is 100 Å². The van der Waals surface area contributed by atoms with E-state index in [1.807, 2.05) is 30.3 Å². The van der Waals surface area contributed by atoms with Gasteiger partial charge in [0.1, 0.15) is 0 Å². The average Bonchev–Trinajstić information content (AvgIpc) is 3.29. The van der Waals surface area contributed by atoms with Gasteiger partial charge in [-0.1, -0.05) is 176 Å². The molecule has 56 heavy (non-hydrogen) atoms. The highest BCUT2D eigenvalue weighted by atomic mass is 14.9. The molecule has 0 aliphatic carbocycles. The Morgan fingerprint density at radius 2 is 0.732 bits per heavy atom. The molecule has 2 aromatic heterocycles. The minimum atomic E-state index is 0.696. The maximum Gasteiger partial charge on any atom is 0.160 e. The number of fused-ring (bicyclic) bond motifs is 3. The van der Waals surface area contributed by atoms with Gasteiger partial charge in [-0.25, -0.2) is 15.0 Å². The van der Waals surface area contributed by atoms with E-state index >= 15 is 0 Å². The van der Waals surface area contributed by atoms with E-state index in [0.29, 0.717) is 5.82 Å². The molecule has 10 rings (SSSR count). The van der Waals surface area contributed by atoms with Crippen LogP contribution in [0.15, 0.2) is 212 Å². The molecule has 3 nitrogen and oxygen atoms in total. The molecule has 0 spiro atoms. The highest BCUT2D eigenvalue weighted by molar-refractivity contribution is 6.14. The summed E-state index contributed by atoms with van der Waals surface area (Å²) >= 11 is 0. The molecule has 8 aromatic carbocycles. The number of benzene rings is 8. The van der Waals surface area contributed by atoms with Crippen molar-refractivity contribution in [2.24, 2.45) is 0 Å². The van der Waals surface area contributed by atoms with Gasteiger partial charge in [-0.05, 0) is 80.6 Å². The zero-order valence-corrected chi connectivity index (χ0v) is 30.5. The normalized spacial score (nSPS) is 11.2. The lowest BCUT2D eigenvalue weighted by atomic mass is 9.92. The predicted molar refractivity (Wildman–Crippen MR) is 233 cm³/mol. The lowest BCUT2D eigenvalue weighted by Crippen LogP contribution is -1.96. The molecule has 0 atom stereocenters. The molecule has 0 unspecified atom stereocenters. The quantitative estimate of drug-likeness (QED) is 0.154. The van der Waals surface area contributed by atoms with Crippen molar-refractivity contribution in [3.63, 3.8) is 0 Å². The van der Waals surface area contributed by atoms with E-state index in [9.17, 15) is 0 Å². The van der Waals surface area contributed by atoms with Gasteiger partial charge < -0.3 is 0 Å². The van der Waals surface area contributed by atoms with E-state index < -0.39 is 0 Å². The molecule has 10 aromatic rings. The fourth-order valence-electron chi connectivity index (χ4n) is 7.64. The van der Waals surface area contributed by atoms with E-state index in [1.165, 1.54) is 27.5 Å². The molecule has 0 amide bonds. The second kappa shape index (κ2) is 14.4. The van der Waals surface area contributed by atoms with E-state index in [-0.39, 0.29) is 0 Å². The van der Waals surface area contributed by atoms with Gasteiger partial charge >= 0.3 is 0 Å². The fraction of sp³-hybridized carbons (Fsp3) is 0. The smallest absolute Gasteiger partial charge is 0.160 e. The molecule has 0 bridgehead atoms. The molecule has 0 radical (unpaired) electrons. The molecular formula is C53H35N3. The summed E-state index contributed by atoms with van der Waals surface area (Å²) in [5, 5.41) is 3.50. The molecule has 0 saturated carbocycles. The van der Waals surface area contributed by atoms with Gasteiger partial charge in [-0.2, -0.15) is 0 Å². The second-order valence-corrected chi connectivity index (χ2v) is 14.0.